The number of hydrogen-bond donors (Lipinski definition) is 0. The first kappa shape index (κ1) is 73.3. The molecule has 4 spiro atoms. The van der Waals surface area contributed by atoms with Gasteiger partial charge in [-0.2, -0.15) is 0 Å². The van der Waals surface area contributed by atoms with Crippen LogP contribution in [0.25, 0.3) is 0 Å². The Morgan fingerprint density at radius 1 is 0.270 bits per heavy atom. The highest BCUT2D eigenvalue weighted by Crippen LogP contribution is 2.66. The number of fused-ring (bicyclic) bond motifs is 8. The Balaban J connectivity index is 0.567. The molecule has 22 nitrogen and oxygen atoms in total. The minimum absolute atomic E-state index is 0.0113. The highest BCUT2D eigenvalue weighted by atomic mass is 17.3. The van der Waals surface area contributed by atoms with Crippen molar-refractivity contribution in [1.29, 1.82) is 0 Å². The Labute approximate surface area is 596 Å². The van der Waals surface area contributed by atoms with E-state index in [-0.39, 0.29) is 71.8 Å². The topological polar surface area (TPSA) is 191 Å². The molecule has 0 aromatic heterocycles. The first-order valence-electron chi connectivity index (χ1n) is 40.7. The zero-order valence-electron chi connectivity index (χ0n) is 63.0. The molecule has 20 aliphatic rings. The third-order valence-electron chi connectivity index (χ3n) is 30.3. The highest BCUT2D eigenvalue weighted by molar-refractivity contribution is 5.14. The van der Waals surface area contributed by atoms with Gasteiger partial charge < -0.3 is 56.8 Å². The number of hydrogen-bond acceptors (Lipinski definition) is 22. The summed E-state index contributed by atoms with van der Waals surface area (Å²) in [6, 6.07) is 0. The van der Waals surface area contributed by atoms with Gasteiger partial charge in [-0.05, 0) is 201 Å². The van der Waals surface area contributed by atoms with E-state index in [0.717, 1.165) is 142 Å². The van der Waals surface area contributed by atoms with Gasteiger partial charge >= 0.3 is 0 Å². The van der Waals surface area contributed by atoms with Gasteiger partial charge in [0.2, 0.25) is 23.1 Å². The van der Waals surface area contributed by atoms with Crippen molar-refractivity contribution in [3.05, 3.63) is 0 Å². The fourth-order valence-electron chi connectivity index (χ4n) is 24.2. The van der Waals surface area contributed by atoms with Crippen LogP contribution in [0.4, 0.5) is 0 Å². The lowest BCUT2D eigenvalue weighted by Crippen LogP contribution is -2.70. The summed E-state index contributed by atoms with van der Waals surface area (Å²) in [5.41, 5.74) is -2.30. The largest absolute Gasteiger partial charge is 0.380 e. The molecule has 22 heteroatoms. The summed E-state index contributed by atoms with van der Waals surface area (Å²) < 4.78 is 81.5. The molecule has 0 radical (unpaired) electrons. The Kier molecular flexibility index (Phi) is 21.1. The van der Waals surface area contributed by atoms with Crippen LogP contribution in [0.5, 0.6) is 0 Å². The van der Waals surface area contributed by atoms with E-state index in [4.69, 9.17) is 95.9 Å². The third kappa shape index (κ3) is 12.9. The van der Waals surface area contributed by atoms with Gasteiger partial charge in [0.25, 0.3) is 0 Å². The summed E-state index contributed by atoms with van der Waals surface area (Å²) in [6.45, 7) is 36.2. The summed E-state index contributed by atoms with van der Waals surface area (Å²) in [7, 11) is 0. The van der Waals surface area contributed by atoms with Gasteiger partial charge in [0.15, 0.2) is 47.6 Å². The molecule has 0 amide bonds. The maximum absolute atomic E-state index is 6.99. The molecule has 16 heterocycles. The molecule has 4 saturated carbocycles. The molecule has 8 bridgehead atoms. The average Bonchev–Trinajstić information content (AvgIpc) is 1.38. The van der Waals surface area contributed by atoms with E-state index in [1.54, 1.807) is 0 Å². The molecule has 0 N–H and O–H groups in total. The Morgan fingerprint density at radius 2 is 0.500 bits per heavy atom. The molecule has 16 aliphatic heterocycles. The fraction of sp³-hybridized carbons (Fsp3) is 1.00. The summed E-state index contributed by atoms with van der Waals surface area (Å²) >= 11 is 0. The second-order valence-corrected chi connectivity index (χ2v) is 36.1. The molecule has 20 fully saturated rings. The Hall–Kier alpha value is -0.880. The summed E-state index contributed by atoms with van der Waals surface area (Å²) in [5, 5.41) is 0. The van der Waals surface area contributed by atoms with Crippen LogP contribution in [0.15, 0.2) is 0 Å². The van der Waals surface area contributed by atoms with Gasteiger partial charge in [0, 0.05) is 115 Å². The quantitative estimate of drug-likeness (QED) is 0.0557. The van der Waals surface area contributed by atoms with Crippen molar-refractivity contribution in [1.82, 2.24) is 9.80 Å². The zero-order chi connectivity index (χ0) is 69.2. The van der Waals surface area contributed by atoms with Gasteiger partial charge in [-0.3, -0.25) is 9.80 Å². The predicted octanol–water partition coefficient (Wildman–Crippen LogP) is 12.2. The lowest BCUT2D eigenvalue weighted by molar-refractivity contribution is -0.571. The summed E-state index contributed by atoms with van der Waals surface area (Å²) in [6.07, 6.45) is 17.6. The van der Waals surface area contributed by atoms with Crippen molar-refractivity contribution < 1.29 is 95.9 Å². The first-order chi connectivity index (χ1) is 48.1. The maximum atomic E-state index is 6.99. The summed E-state index contributed by atoms with van der Waals surface area (Å²) in [4.78, 5) is 55.5. The molecular weight excluding hydrogens is 1280 g/mol. The predicted molar refractivity (Wildman–Crippen MR) is 362 cm³/mol. The van der Waals surface area contributed by atoms with Crippen LogP contribution in [0.1, 0.15) is 212 Å². The lowest BCUT2D eigenvalue weighted by atomic mass is 9.57. The highest BCUT2D eigenvalue weighted by Gasteiger charge is 2.74. The standard InChI is InChI=1S/C78H128N2O20/c1-47-13-17-59-51(5)63(85-67-75(59)55(47)21-29-71(9,89-67)93-97-75)25-39-81-43-35-79(36-44-82-40-26-64-52(6)60-18-14-48(2)56-22-30-72(10)90-68(86-64)76(56,60)98-94-72)33-34-80(37-45-83-41-27-65-53(7)61-19-15-49(3)57-23-31-73(11)91-69(87-65)77(57,61)99-95-73)38-46-84-42-28-66-54(8)62-20-16-50(4)58-24-32-74(12)92-70(88-66)78(58,62)100-96-74/h47-70H,13-46H2,1-12H3/t47-,48-,49-,50-,51-,52-,53-,54-,55+,56+,57+,58+,59+,60+,61+,62+,63?,64?,65?,66?,67-,68-,69-,70-,71+,72+,73+,74+,75-,76-,77-,78-/m1/s1. The van der Waals surface area contributed by atoms with Crippen LogP contribution < -0.4 is 0 Å². The van der Waals surface area contributed by atoms with Gasteiger partial charge in [0.05, 0.1) is 50.8 Å². The van der Waals surface area contributed by atoms with Crippen LogP contribution in [-0.2, 0) is 95.9 Å². The van der Waals surface area contributed by atoms with E-state index >= 15 is 0 Å². The second-order valence-electron chi connectivity index (χ2n) is 36.1. The van der Waals surface area contributed by atoms with E-state index in [2.05, 4.69) is 65.2 Å². The Morgan fingerprint density at radius 3 is 0.730 bits per heavy atom. The minimum atomic E-state index is -0.804. The maximum Gasteiger partial charge on any atom is 0.201 e. The van der Waals surface area contributed by atoms with Gasteiger partial charge in [0.1, 0.15) is 0 Å². The monoisotopic (exact) mass is 1410 g/mol. The van der Waals surface area contributed by atoms with Crippen molar-refractivity contribution in [3.8, 4) is 0 Å². The van der Waals surface area contributed by atoms with Gasteiger partial charge in [-0.15, -0.1) is 0 Å². The van der Waals surface area contributed by atoms with Crippen molar-refractivity contribution in [2.24, 2.45) is 94.7 Å². The smallest absolute Gasteiger partial charge is 0.201 e. The average molecular weight is 1410 g/mol. The number of nitrogens with zero attached hydrogens (tertiary/aromatic N) is 2. The summed E-state index contributed by atoms with van der Waals surface area (Å²) in [5.74, 6) is 2.44. The second kappa shape index (κ2) is 28.8. The molecule has 100 heavy (non-hydrogen) atoms. The van der Waals surface area contributed by atoms with E-state index in [0.29, 0.717) is 100 Å². The minimum Gasteiger partial charge on any atom is -0.380 e. The number of ether oxygens (including phenoxy) is 12. The van der Waals surface area contributed by atoms with Gasteiger partial charge in [-0.25, -0.2) is 39.1 Å². The molecule has 16 saturated heterocycles. The third-order valence-corrected chi connectivity index (χ3v) is 30.3. The molecular formula is C78H128N2O20. The van der Waals surface area contributed by atoms with E-state index in [9.17, 15) is 0 Å². The number of rotatable bonds is 27. The first-order valence-corrected chi connectivity index (χ1v) is 40.7. The van der Waals surface area contributed by atoms with Crippen molar-refractivity contribution >= 4 is 0 Å². The van der Waals surface area contributed by atoms with E-state index < -0.39 is 70.7 Å². The van der Waals surface area contributed by atoms with Gasteiger partial charge in [-0.1, -0.05) is 55.4 Å². The van der Waals surface area contributed by atoms with Crippen molar-refractivity contribution in [3.63, 3.8) is 0 Å². The lowest BCUT2D eigenvalue weighted by Gasteiger charge is -2.60. The molecule has 32 atom stereocenters. The molecule has 4 aliphatic carbocycles. The van der Waals surface area contributed by atoms with E-state index in [1.165, 1.54) is 25.7 Å². The normalized spacial score (nSPS) is 52.5. The van der Waals surface area contributed by atoms with Crippen LogP contribution >= 0.6 is 0 Å². The van der Waals surface area contributed by atoms with Crippen LogP contribution in [0.3, 0.4) is 0 Å². The fourth-order valence-corrected chi connectivity index (χ4v) is 24.2. The van der Waals surface area contributed by atoms with Crippen LogP contribution in [0, 0.1) is 94.7 Å². The molecule has 4 unspecified atom stereocenters. The van der Waals surface area contributed by atoms with E-state index in [1.807, 2.05) is 27.7 Å². The molecule has 570 valence electrons. The Bertz CT molecular complexity index is 2430. The van der Waals surface area contributed by atoms with Crippen molar-refractivity contribution in [2.45, 2.75) is 307 Å². The van der Waals surface area contributed by atoms with Crippen molar-refractivity contribution in [2.75, 3.05) is 92.1 Å². The molecule has 20 rings (SSSR count). The van der Waals surface area contributed by atoms with Crippen LogP contribution in [-0.4, -0.2) is 197 Å². The SMILES string of the molecule is C[C@@H]1CC[C@H]2[C@@H](C)C(CCOCCN(CCOCCC3O[C@@H]4O[C@]5(C)CC[C@H]6[C@H](C)CC[C@@H]([C@H]3C)[C@@]46OO5)CCN(CCOCCC3O[C@@H]4O[C@]5(C)CC[C@H]6[C@H](C)CC[C@@H]([C@H]3C)[C@@]46OO5)CCOCCC3O[C@@H]4O[C@]5(C)CC[C@H]6[C@H](C)CC[C@@H]([C@H]3C)[C@@]46OO5)O[C@@H]3O[C@]4(C)CC[C@@H]1[C@]32OO4. The van der Waals surface area contributed by atoms with Crippen LogP contribution in [0.2, 0.25) is 0 Å². The molecule has 0 aromatic carbocycles. The molecule has 0 aromatic rings. The zero-order valence-corrected chi connectivity index (χ0v) is 63.0.